The molecule has 0 saturated carbocycles. The third kappa shape index (κ3) is 3.70. The minimum atomic E-state index is -3.86. The lowest BCUT2D eigenvalue weighted by Gasteiger charge is -2.09. The Labute approximate surface area is 208 Å². The van der Waals surface area contributed by atoms with Crippen LogP contribution in [0.15, 0.2) is 120 Å². The first-order valence-electron chi connectivity index (χ1n) is 11.1. The van der Waals surface area contributed by atoms with Crippen LogP contribution in [0.1, 0.15) is 0 Å². The van der Waals surface area contributed by atoms with E-state index in [2.05, 4.69) is 41.4 Å². The van der Waals surface area contributed by atoms with Crippen molar-refractivity contribution in [2.75, 3.05) is 0 Å². The molecular formula is C29H19ClN2O2S. The molecule has 0 N–H and O–H groups in total. The lowest BCUT2D eigenvalue weighted by atomic mass is 9.99. The van der Waals surface area contributed by atoms with Gasteiger partial charge in [-0.25, -0.2) is 17.4 Å². The quantitative estimate of drug-likeness (QED) is 0.256. The van der Waals surface area contributed by atoms with Crippen LogP contribution in [0.5, 0.6) is 0 Å². The van der Waals surface area contributed by atoms with Crippen molar-refractivity contribution in [3.05, 3.63) is 120 Å². The van der Waals surface area contributed by atoms with Gasteiger partial charge in [0.15, 0.2) is 5.65 Å². The average molecular weight is 495 g/mol. The number of halogens is 1. The molecule has 0 fully saturated rings. The zero-order valence-electron chi connectivity index (χ0n) is 18.5. The molecule has 6 aromatic rings. The fourth-order valence-corrected chi connectivity index (χ4v) is 6.10. The normalized spacial score (nSPS) is 11.8. The maximum Gasteiger partial charge on any atom is 0.269 e. The Morgan fingerprint density at radius 3 is 1.89 bits per heavy atom. The van der Waals surface area contributed by atoms with E-state index in [1.807, 2.05) is 36.4 Å². The van der Waals surface area contributed by atoms with Crippen molar-refractivity contribution in [1.29, 1.82) is 0 Å². The molecule has 2 heterocycles. The highest BCUT2D eigenvalue weighted by atomic mass is 35.5. The Balaban J connectivity index is 1.54. The lowest BCUT2D eigenvalue weighted by Crippen LogP contribution is -2.13. The molecular weight excluding hydrogens is 476 g/mol. The summed E-state index contributed by atoms with van der Waals surface area (Å²) in [7, 11) is -3.86. The van der Waals surface area contributed by atoms with Crippen LogP contribution in [0.4, 0.5) is 0 Å². The number of hydrogen-bond donors (Lipinski definition) is 0. The molecule has 2 aromatic heterocycles. The standard InChI is InChI=1S/C29H19ClN2O2S/c30-24-18-27-26-17-23(22-13-11-21(12-14-22)20-7-3-1-4-8-20)15-16-28(26)32(29(27)31-19-24)35(33,34)25-9-5-2-6-10-25/h1-19H. The van der Waals surface area contributed by atoms with Gasteiger partial charge in [0.2, 0.25) is 0 Å². The molecule has 4 aromatic carbocycles. The summed E-state index contributed by atoms with van der Waals surface area (Å²) in [5.41, 5.74) is 5.22. The Kier molecular flexibility index (Phi) is 5.17. The molecule has 0 aliphatic heterocycles. The molecule has 4 nitrogen and oxygen atoms in total. The van der Waals surface area contributed by atoms with Crippen LogP contribution in [0, 0.1) is 0 Å². The van der Waals surface area contributed by atoms with Gasteiger partial charge >= 0.3 is 0 Å². The number of pyridine rings is 1. The Bertz CT molecular complexity index is 1800. The van der Waals surface area contributed by atoms with Gasteiger partial charge in [-0.05, 0) is 52.6 Å². The van der Waals surface area contributed by atoms with Gasteiger partial charge in [0.1, 0.15) is 0 Å². The summed E-state index contributed by atoms with van der Waals surface area (Å²) in [6, 6.07) is 34.5. The number of aromatic nitrogens is 2. The fourth-order valence-electron chi connectivity index (χ4n) is 4.44. The zero-order valence-corrected chi connectivity index (χ0v) is 20.0. The number of benzene rings is 4. The number of hydrogen-bond acceptors (Lipinski definition) is 3. The molecule has 0 spiro atoms. The van der Waals surface area contributed by atoms with Crippen LogP contribution in [0.3, 0.4) is 0 Å². The molecule has 0 atom stereocenters. The van der Waals surface area contributed by atoms with Crippen molar-refractivity contribution in [3.63, 3.8) is 0 Å². The SMILES string of the molecule is O=S(=O)(c1ccccc1)n1c2ccc(-c3ccc(-c4ccccc4)cc3)cc2c2cc(Cl)cnc21. The third-order valence-corrected chi connectivity index (χ3v) is 8.06. The van der Waals surface area contributed by atoms with Gasteiger partial charge in [-0.2, -0.15) is 0 Å². The smallest absolute Gasteiger partial charge is 0.236 e. The van der Waals surface area contributed by atoms with E-state index in [9.17, 15) is 8.42 Å². The van der Waals surface area contributed by atoms with Crippen LogP contribution in [-0.2, 0) is 10.0 Å². The van der Waals surface area contributed by atoms with Gasteiger partial charge in [0.25, 0.3) is 10.0 Å². The van der Waals surface area contributed by atoms with E-state index in [1.165, 1.54) is 10.2 Å². The highest BCUT2D eigenvalue weighted by Gasteiger charge is 2.24. The number of rotatable bonds is 4. The zero-order chi connectivity index (χ0) is 24.0. The van der Waals surface area contributed by atoms with Crippen LogP contribution in [-0.4, -0.2) is 17.4 Å². The second kappa shape index (κ2) is 8.38. The second-order valence-electron chi connectivity index (χ2n) is 8.28. The van der Waals surface area contributed by atoms with Gasteiger partial charge in [-0.3, -0.25) is 0 Å². The first-order chi connectivity index (χ1) is 17.0. The van der Waals surface area contributed by atoms with Crippen LogP contribution in [0.2, 0.25) is 5.02 Å². The number of fused-ring (bicyclic) bond motifs is 3. The topological polar surface area (TPSA) is 52.0 Å². The van der Waals surface area contributed by atoms with Gasteiger partial charge in [-0.1, -0.05) is 90.5 Å². The largest absolute Gasteiger partial charge is 0.269 e. The number of nitrogens with zero attached hydrogens (tertiary/aromatic N) is 2. The molecule has 0 amide bonds. The first kappa shape index (κ1) is 21.6. The van der Waals surface area contributed by atoms with E-state index in [4.69, 9.17) is 11.6 Å². The van der Waals surface area contributed by atoms with E-state index in [0.29, 0.717) is 21.6 Å². The van der Waals surface area contributed by atoms with Gasteiger partial charge in [0.05, 0.1) is 15.4 Å². The van der Waals surface area contributed by atoms with E-state index in [0.717, 1.165) is 27.6 Å². The van der Waals surface area contributed by atoms with Crippen molar-refractivity contribution in [3.8, 4) is 22.3 Å². The van der Waals surface area contributed by atoms with E-state index in [-0.39, 0.29) is 4.90 Å². The maximum absolute atomic E-state index is 13.6. The molecule has 0 saturated heterocycles. The summed E-state index contributed by atoms with van der Waals surface area (Å²) in [4.78, 5) is 4.61. The van der Waals surface area contributed by atoms with Crippen molar-refractivity contribution in [2.45, 2.75) is 4.90 Å². The molecule has 0 aliphatic carbocycles. The molecule has 0 bridgehead atoms. The first-order valence-corrected chi connectivity index (χ1v) is 12.9. The molecule has 170 valence electrons. The summed E-state index contributed by atoms with van der Waals surface area (Å²) in [6.07, 6.45) is 1.48. The molecule has 35 heavy (non-hydrogen) atoms. The monoisotopic (exact) mass is 494 g/mol. The van der Waals surface area contributed by atoms with Crippen molar-refractivity contribution in [2.24, 2.45) is 0 Å². The summed E-state index contributed by atoms with van der Waals surface area (Å²) < 4.78 is 28.6. The molecule has 0 radical (unpaired) electrons. The minimum Gasteiger partial charge on any atom is -0.236 e. The van der Waals surface area contributed by atoms with E-state index in [1.54, 1.807) is 36.4 Å². The van der Waals surface area contributed by atoms with Crippen LogP contribution in [0.25, 0.3) is 44.2 Å². The molecule has 6 rings (SSSR count). The highest BCUT2D eigenvalue weighted by Crippen LogP contribution is 2.35. The molecule has 0 aliphatic rings. The van der Waals surface area contributed by atoms with E-state index < -0.39 is 10.0 Å². The maximum atomic E-state index is 13.6. The third-order valence-electron chi connectivity index (χ3n) is 6.14. The minimum absolute atomic E-state index is 0.205. The summed E-state index contributed by atoms with van der Waals surface area (Å²) in [5, 5.41) is 1.92. The molecule has 0 unspecified atom stereocenters. The fraction of sp³-hybridized carbons (Fsp3) is 0. The van der Waals surface area contributed by atoms with Crippen LogP contribution >= 0.6 is 11.6 Å². The average Bonchev–Trinajstić information content (AvgIpc) is 3.23. The van der Waals surface area contributed by atoms with Crippen LogP contribution < -0.4 is 0 Å². The lowest BCUT2D eigenvalue weighted by molar-refractivity contribution is 0.590. The molecule has 6 heteroatoms. The van der Waals surface area contributed by atoms with E-state index >= 15 is 0 Å². The summed E-state index contributed by atoms with van der Waals surface area (Å²) in [5.74, 6) is 0. The summed E-state index contributed by atoms with van der Waals surface area (Å²) in [6.45, 7) is 0. The van der Waals surface area contributed by atoms with Crippen molar-refractivity contribution < 1.29 is 8.42 Å². The Morgan fingerprint density at radius 2 is 1.20 bits per heavy atom. The van der Waals surface area contributed by atoms with Crippen molar-refractivity contribution in [1.82, 2.24) is 8.96 Å². The van der Waals surface area contributed by atoms with Gasteiger partial charge in [-0.15, -0.1) is 0 Å². The second-order valence-corrected chi connectivity index (χ2v) is 10.5. The van der Waals surface area contributed by atoms with Gasteiger partial charge < -0.3 is 0 Å². The highest BCUT2D eigenvalue weighted by molar-refractivity contribution is 7.90. The Morgan fingerprint density at radius 1 is 0.629 bits per heavy atom. The van der Waals surface area contributed by atoms with Crippen molar-refractivity contribution >= 4 is 43.6 Å². The predicted octanol–water partition coefficient (Wildman–Crippen LogP) is 7.41. The predicted molar refractivity (Wildman–Crippen MR) is 142 cm³/mol. The Hall–Kier alpha value is -3.93. The summed E-state index contributed by atoms with van der Waals surface area (Å²) >= 11 is 6.27. The van der Waals surface area contributed by atoms with Gasteiger partial charge in [0, 0.05) is 17.0 Å².